The fraction of sp³-hybridized carbons (Fsp3) is 0.208. The number of methoxy groups -OCH3 is 1. The third-order valence-electron chi connectivity index (χ3n) is 4.91. The number of fused-ring (bicyclic) bond motifs is 1. The average Bonchev–Trinajstić information content (AvgIpc) is 2.82. The Balaban J connectivity index is 1.57. The van der Waals surface area contributed by atoms with Gasteiger partial charge in [0.25, 0.3) is 0 Å². The van der Waals surface area contributed by atoms with Crippen LogP contribution in [0.5, 0.6) is 23.0 Å². The Morgan fingerprint density at radius 3 is 2.53 bits per heavy atom. The minimum absolute atomic E-state index is 0.246. The highest BCUT2D eigenvalue weighted by molar-refractivity contribution is 5.76. The number of benzene rings is 3. The lowest BCUT2D eigenvalue weighted by molar-refractivity contribution is -0.0124. The quantitative estimate of drug-likeness (QED) is 0.599. The van der Waals surface area contributed by atoms with Crippen molar-refractivity contribution in [1.29, 1.82) is 0 Å². The molecule has 154 valence electrons. The number of hydrogen-bond donors (Lipinski definition) is 1. The van der Waals surface area contributed by atoms with E-state index >= 15 is 0 Å². The lowest BCUT2D eigenvalue weighted by Gasteiger charge is -2.33. The molecular formula is C24H22O6. The van der Waals surface area contributed by atoms with Crippen LogP contribution >= 0.6 is 0 Å². The summed E-state index contributed by atoms with van der Waals surface area (Å²) in [4.78, 5) is 11.0. The van der Waals surface area contributed by atoms with E-state index in [1.807, 2.05) is 48.5 Å². The number of aldehydes is 1. The molecule has 0 spiro atoms. The van der Waals surface area contributed by atoms with Crippen LogP contribution < -0.4 is 18.9 Å². The van der Waals surface area contributed by atoms with Gasteiger partial charge in [-0.2, -0.15) is 0 Å². The van der Waals surface area contributed by atoms with Crippen molar-refractivity contribution in [3.8, 4) is 23.0 Å². The predicted octanol–water partition coefficient (Wildman–Crippen LogP) is 3.96. The van der Waals surface area contributed by atoms with Crippen LogP contribution in [0.2, 0.25) is 0 Å². The summed E-state index contributed by atoms with van der Waals surface area (Å²) in [5, 5.41) is 9.84. The second-order valence-corrected chi connectivity index (χ2v) is 6.89. The van der Waals surface area contributed by atoms with E-state index in [-0.39, 0.29) is 6.61 Å². The Labute approximate surface area is 174 Å². The maximum atomic E-state index is 11.0. The molecule has 0 saturated carbocycles. The molecule has 0 aliphatic carbocycles. The summed E-state index contributed by atoms with van der Waals surface area (Å²) in [6.07, 6.45) is -0.426. The minimum Gasteiger partial charge on any atom is -0.493 e. The highest BCUT2D eigenvalue weighted by Crippen LogP contribution is 2.41. The number of aliphatic hydroxyl groups is 1. The molecule has 4 rings (SSSR count). The summed E-state index contributed by atoms with van der Waals surface area (Å²) >= 11 is 0. The zero-order chi connectivity index (χ0) is 20.9. The van der Waals surface area contributed by atoms with Gasteiger partial charge in [-0.05, 0) is 35.9 Å². The van der Waals surface area contributed by atoms with Gasteiger partial charge in [0, 0.05) is 11.1 Å². The molecule has 1 N–H and O–H groups in total. The monoisotopic (exact) mass is 406 g/mol. The first-order chi connectivity index (χ1) is 14.7. The van der Waals surface area contributed by atoms with Crippen LogP contribution in [0.1, 0.15) is 27.6 Å². The fourth-order valence-corrected chi connectivity index (χ4v) is 3.36. The molecule has 1 heterocycles. The smallest absolute Gasteiger partial charge is 0.163 e. The van der Waals surface area contributed by atoms with E-state index in [0.29, 0.717) is 35.2 Å². The van der Waals surface area contributed by atoms with Gasteiger partial charge in [0.15, 0.2) is 35.2 Å². The summed E-state index contributed by atoms with van der Waals surface area (Å²) in [7, 11) is 1.58. The third kappa shape index (κ3) is 4.09. The molecule has 0 saturated heterocycles. The van der Waals surface area contributed by atoms with E-state index in [9.17, 15) is 9.90 Å². The van der Waals surface area contributed by atoms with E-state index in [2.05, 4.69) is 0 Å². The zero-order valence-corrected chi connectivity index (χ0v) is 16.5. The molecule has 6 heteroatoms. The lowest BCUT2D eigenvalue weighted by Crippen LogP contribution is -2.36. The van der Waals surface area contributed by atoms with Crippen molar-refractivity contribution in [2.45, 2.75) is 18.8 Å². The Bertz CT molecular complexity index is 1020. The topological polar surface area (TPSA) is 74.2 Å². The molecule has 2 atom stereocenters. The molecule has 0 unspecified atom stereocenters. The van der Waals surface area contributed by atoms with E-state index in [1.54, 1.807) is 25.3 Å². The molecule has 3 aromatic rings. The first-order valence-electron chi connectivity index (χ1n) is 9.60. The molecule has 0 aromatic heterocycles. The number of ether oxygens (including phenoxy) is 4. The molecule has 1 aliphatic rings. The van der Waals surface area contributed by atoms with Gasteiger partial charge in [0.05, 0.1) is 13.7 Å². The van der Waals surface area contributed by atoms with Gasteiger partial charge in [0.1, 0.15) is 12.9 Å². The van der Waals surface area contributed by atoms with Gasteiger partial charge in [-0.1, -0.05) is 36.4 Å². The third-order valence-corrected chi connectivity index (χ3v) is 4.91. The Hall–Kier alpha value is -3.51. The first kappa shape index (κ1) is 19.8. The first-order valence-corrected chi connectivity index (χ1v) is 9.60. The van der Waals surface area contributed by atoms with Gasteiger partial charge < -0.3 is 24.1 Å². The number of rotatable bonds is 7. The summed E-state index contributed by atoms with van der Waals surface area (Å²) < 4.78 is 23.4. The fourth-order valence-electron chi connectivity index (χ4n) is 3.36. The van der Waals surface area contributed by atoms with Gasteiger partial charge in [-0.15, -0.1) is 0 Å². The Morgan fingerprint density at radius 2 is 1.80 bits per heavy atom. The van der Waals surface area contributed by atoms with Crippen molar-refractivity contribution in [2.24, 2.45) is 0 Å². The van der Waals surface area contributed by atoms with Gasteiger partial charge in [-0.25, -0.2) is 0 Å². The van der Waals surface area contributed by atoms with Crippen LogP contribution in [0, 0.1) is 0 Å². The molecule has 6 nitrogen and oxygen atoms in total. The second-order valence-electron chi connectivity index (χ2n) is 6.89. The summed E-state index contributed by atoms with van der Waals surface area (Å²) in [5.41, 5.74) is 2.32. The van der Waals surface area contributed by atoms with Crippen LogP contribution in [0.25, 0.3) is 0 Å². The molecule has 0 radical (unpaired) electrons. The summed E-state index contributed by atoms with van der Waals surface area (Å²) in [5.74, 6) is 2.12. The van der Waals surface area contributed by atoms with Crippen molar-refractivity contribution in [1.82, 2.24) is 0 Å². The van der Waals surface area contributed by atoms with Gasteiger partial charge in [0.2, 0.25) is 0 Å². The summed E-state index contributed by atoms with van der Waals surface area (Å²) in [6, 6.07) is 20.3. The maximum absolute atomic E-state index is 11.0. The number of hydrogen-bond acceptors (Lipinski definition) is 6. The van der Waals surface area contributed by atoms with Crippen molar-refractivity contribution >= 4 is 6.29 Å². The Kier molecular flexibility index (Phi) is 5.86. The van der Waals surface area contributed by atoms with Crippen molar-refractivity contribution in [3.05, 3.63) is 83.4 Å². The van der Waals surface area contributed by atoms with Crippen LogP contribution in [0.3, 0.4) is 0 Å². The standard InChI is InChI=1S/C24H22O6/c1-27-21-12-18(8-10-19(21)28-15-16-5-3-2-4-6-16)24-23(14-26)29-22-11-17(13-25)7-9-20(22)30-24/h2-13,23-24,26H,14-15H2,1H3/t23-,24-/m1/s1. The maximum Gasteiger partial charge on any atom is 0.163 e. The zero-order valence-electron chi connectivity index (χ0n) is 16.5. The molecule has 0 fully saturated rings. The van der Waals surface area contributed by atoms with Crippen LogP contribution in [-0.2, 0) is 6.61 Å². The van der Waals surface area contributed by atoms with Gasteiger partial charge >= 0.3 is 0 Å². The highest BCUT2D eigenvalue weighted by atomic mass is 16.6. The van der Waals surface area contributed by atoms with E-state index in [4.69, 9.17) is 18.9 Å². The molecule has 1 aliphatic heterocycles. The van der Waals surface area contributed by atoms with E-state index < -0.39 is 12.2 Å². The number of carbonyl (C=O) groups excluding carboxylic acids is 1. The van der Waals surface area contributed by atoms with E-state index in [0.717, 1.165) is 17.4 Å². The number of carbonyl (C=O) groups is 1. The molecule has 30 heavy (non-hydrogen) atoms. The highest BCUT2D eigenvalue weighted by Gasteiger charge is 2.33. The normalized spacial score (nSPS) is 17.3. The Morgan fingerprint density at radius 1 is 0.967 bits per heavy atom. The van der Waals surface area contributed by atoms with Gasteiger partial charge in [-0.3, -0.25) is 4.79 Å². The summed E-state index contributed by atoms with van der Waals surface area (Å²) in [6.45, 7) is 0.176. The SMILES string of the molecule is COc1cc([C@H]2Oc3ccc(C=O)cc3O[C@@H]2CO)ccc1OCc1ccccc1. The van der Waals surface area contributed by atoms with Crippen molar-refractivity contribution < 1.29 is 28.8 Å². The van der Waals surface area contributed by atoms with Crippen LogP contribution in [0.4, 0.5) is 0 Å². The minimum atomic E-state index is -0.625. The molecule has 0 bridgehead atoms. The molecule has 0 amide bonds. The largest absolute Gasteiger partial charge is 0.493 e. The molecule has 3 aromatic carbocycles. The lowest BCUT2D eigenvalue weighted by atomic mass is 10.0. The average molecular weight is 406 g/mol. The van der Waals surface area contributed by atoms with Crippen LogP contribution in [0.15, 0.2) is 66.7 Å². The molecular weight excluding hydrogens is 384 g/mol. The predicted molar refractivity (Wildman–Crippen MR) is 110 cm³/mol. The second kappa shape index (κ2) is 8.88. The van der Waals surface area contributed by atoms with Crippen molar-refractivity contribution in [2.75, 3.05) is 13.7 Å². The van der Waals surface area contributed by atoms with Crippen LogP contribution in [-0.4, -0.2) is 31.2 Å². The number of aliphatic hydroxyl groups excluding tert-OH is 1. The van der Waals surface area contributed by atoms with E-state index in [1.165, 1.54) is 0 Å². The van der Waals surface area contributed by atoms with Crippen molar-refractivity contribution in [3.63, 3.8) is 0 Å².